The Kier molecular flexibility index (Phi) is 5.80. The molecule has 3 heteroatoms. The maximum Gasteiger partial charge on any atom is 0.0985 e. The van der Waals surface area contributed by atoms with E-state index in [0.717, 1.165) is 13.1 Å². The zero-order valence-corrected chi connectivity index (χ0v) is 13.6. The first-order chi connectivity index (χ1) is 8.36. The van der Waals surface area contributed by atoms with E-state index in [4.69, 9.17) is 4.98 Å². The highest BCUT2D eigenvalue weighted by molar-refractivity contribution is 7.11. The molecule has 0 saturated carbocycles. The summed E-state index contributed by atoms with van der Waals surface area (Å²) < 4.78 is 0. The molecule has 0 aromatic carbocycles. The van der Waals surface area contributed by atoms with Crippen LogP contribution in [0.4, 0.5) is 0 Å². The van der Waals surface area contributed by atoms with E-state index in [0.29, 0.717) is 5.92 Å². The monoisotopic (exact) mass is 268 g/mol. The summed E-state index contributed by atoms with van der Waals surface area (Å²) in [5, 5.41) is 4.80. The lowest BCUT2D eigenvalue weighted by Crippen LogP contribution is -2.14. The number of aromatic nitrogens is 1. The Labute approximate surface area is 116 Å². The minimum absolute atomic E-state index is 0.163. The Morgan fingerprint density at radius 3 is 2.44 bits per heavy atom. The maximum atomic E-state index is 4.86. The van der Waals surface area contributed by atoms with Gasteiger partial charge in [-0.25, -0.2) is 4.98 Å². The largest absolute Gasteiger partial charge is 0.312 e. The molecule has 0 aliphatic rings. The van der Waals surface area contributed by atoms with Crippen LogP contribution in [0.1, 0.15) is 75.9 Å². The van der Waals surface area contributed by atoms with Gasteiger partial charge >= 0.3 is 0 Å². The van der Waals surface area contributed by atoms with E-state index in [9.17, 15) is 0 Å². The van der Waals surface area contributed by atoms with Gasteiger partial charge in [-0.2, -0.15) is 0 Å². The number of unbranched alkanes of at least 4 members (excludes halogenated alkanes) is 1. The molecule has 0 radical (unpaired) electrons. The minimum atomic E-state index is 0.163. The van der Waals surface area contributed by atoms with Crippen LogP contribution in [0.5, 0.6) is 0 Å². The first-order valence-electron chi connectivity index (χ1n) is 7.07. The first kappa shape index (κ1) is 15.6. The third kappa shape index (κ3) is 4.36. The van der Waals surface area contributed by atoms with Crippen LogP contribution in [0.2, 0.25) is 0 Å². The lowest BCUT2D eigenvalue weighted by molar-refractivity contribution is 0.580. The zero-order chi connectivity index (χ0) is 13.8. The van der Waals surface area contributed by atoms with Crippen molar-refractivity contribution < 1.29 is 0 Å². The van der Waals surface area contributed by atoms with Gasteiger partial charge in [0, 0.05) is 16.8 Å². The molecule has 0 saturated heterocycles. The molecule has 0 unspecified atom stereocenters. The highest BCUT2D eigenvalue weighted by Crippen LogP contribution is 2.32. The van der Waals surface area contributed by atoms with Crippen molar-refractivity contribution >= 4 is 11.3 Å². The van der Waals surface area contributed by atoms with Crippen molar-refractivity contribution in [3.63, 3.8) is 0 Å². The van der Waals surface area contributed by atoms with Crippen LogP contribution in [-0.4, -0.2) is 11.5 Å². The van der Waals surface area contributed by atoms with Crippen LogP contribution in [-0.2, 0) is 12.0 Å². The lowest BCUT2D eigenvalue weighted by Gasteiger charge is -2.13. The van der Waals surface area contributed by atoms with Crippen molar-refractivity contribution in [3.05, 3.63) is 15.6 Å². The van der Waals surface area contributed by atoms with Crippen molar-refractivity contribution in [2.75, 3.05) is 6.54 Å². The third-order valence-corrected chi connectivity index (χ3v) is 4.41. The number of hydrogen-bond acceptors (Lipinski definition) is 3. The van der Waals surface area contributed by atoms with Crippen LogP contribution >= 0.6 is 11.3 Å². The molecule has 0 amide bonds. The van der Waals surface area contributed by atoms with Gasteiger partial charge in [0.25, 0.3) is 0 Å². The molecule has 0 bridgehead atoms. The van der Waals surface area contributed by atoms with Crippen LogP contribution in [0, 0.1) is 0 Å². The summed E-state index contributed by atoms with van der Waals surface area (Å²) in [6.45, 7) is 15.5. The van der Waals surface area contributed by atoms with Crippen LogP contribution in [0.15, 0.2) is 0 Å². The van der Waals surface area contributed by atoms with Crippen LogP contribution < -0.4 is 5.32 Å². The quantitative estimate of drug-likeness (QED) is 0.771. The van der Waals surface area contributed by atoms with Gasteiger partial charge in [0.1, 0.15) is 0 Å². The standard InChI is InChI=1S/C15H28N2S/c1-7-8-9-16-10-12-13(11(2)3)17-14(18-12)15(4,5)6/h11,16H,7-10H2,1-6H3. The Balaban J connectivity index is 2.78. The van der Waals surface area contributed by atoms with E-state index >= 15 is 0 Å². The smallest absolute Gasteiger partial charge is 0.0985 e. The molecule has 0 atom stereocenters. The van der Waals surface area contributed by atoms with Crippen molar-refractivity contribution in [1.82, 2.24) is 10.3 Å². The fraction of sp³-hybridized carbons (Fsp3) is 0.800. The Bertz CT molecular complexity index is 361. The number of hydrogen-bond donors (Lipinski definition) is 1. The fourth-order valence-corrected chi connectivity index (χ4v) is 3.01. The summed E-state index contributed by atoms with van der Waals surface area (Å²) in [7, 11) is 0. The topological polar surface area (TPSA) is 24.9 Å². The Morgan fingerprint density at radius 2 is 1.94 bits per heavy atom. The number of nitrogens with one attached hydrogen (secondary N) is 1. The molecule has 1 heterocycles. The van der Waals surface area contributed by atoms with Gasteiger partial charge in [-0.3, -0.25) is 0 Å². The summed E-state index contributed by atoms with van der Waals surface area (Å²) in [6.07, 6.45) is 2.50. The van der Waals surface area contributed by atoms with Crippen molar-refractivity contribution in [1.29, 1.82) is 0 Å². The van der Waals surface area contributed by atoms with E-state index in [1.807, 2.05) is 11.3 Å². The predicted octanol–water partition coefficient (Wildman–Crippen LogP) is 4.45. The average molecular weight is 268 g/mol. The summed E-state index contributed by atoms with van der Waals surface area (Å²) in [4.78, 5) is 6.28. The van der Waals surface area contributed by atoms with Gasteiger partial charge in [0.05, 0.1) is 10.7 Å². The van der Waals surface area contributed by atoms with E-state index < -0.39 is 0 Å². The van der Waals surface area contributed by atoms with Gasteiger partial charge in [-0.15, -0.1) is 11.3 Å². The number of nitrogens with zero attached hydrogens (tertiary/aromatic N) is 1. The van der Waals surface area contributed by atoms with E-state index in [-0.39, 0.29) is 5.41 Å². The number of thiazole rings is 1. The van der Waals surface area contributed by atoms with Gasteiger partial charge in [-0.05, 0) is 18.9 Å². The van der Waals surface area contributed by atoms with Gasteiger partial charge < -0.3 is 5.32 Å². The maximum absolute atomic E-state index is 4.86. The second-order valence-electron chi connectivity index (χ2n) is 6.26. The summed E-state index contributed by atoms with van der Waals surface area (Å²) in [6, 6.07) is 0. The highest BCUT2D eigenvalue weighted by Gasteiger charge is 2.22. The van der Waals surface area contributed by atoms with Crippen molar-refractivity contribution in [2.45, 2.75) is 72.3 Å². The Hall–Kier alpha value is -0.410. The molecule has 1 aromatic rings. The van der Waals surface area contributed by atoms with Gasteiger partial charge in [0.2, 0.25) is 0 Å². The molecule has 104 valence electrons. The molecule has 2 nitrogen and oxygen atoms in total. The van der Waals surface area contributed by atoms with Gasteiger partial charge in [0.15, 0.2) is 0 Å². The summed E-state index contributed by atoms with van der Waals surface area (Å²) in [5.41, 5.74) is 1.45. The molecular formula is C15H28N2S. The molecule has 0 aliphatic carbocycles. The van der Waals surface area contributed by atoms with Crippen molar-refractivity contribution in [2.24, 2.45) is 0 Å². The van der Waals surface area contributed by atoms with Crippen LogP contribution in [0.3, 0.4) is 0 Å². The van der Waals surface area contributed by atoms with E-state index in [1.165, 1.54) is 28.4 Å². The molecule has 0 aliphatic heterocycles. The lowest BCUT2D eigenvalue weighted by atomic mass is 9.98. The molecular weight excluding hydrogens is 240 g/mol. The SMILES string of the molecule is CCCCNCc1sc(C(C)(C)C)nc1C(C)C. The minimum Gasteiger partial charge on any atom is -0.312 e. The average Bonchev–Trinajstić information content (AvgIpc) is 2.68. The predicted molar refractivity (Wildman–Crippen MR) is 81.5 cm³/mol. The first-order valence-corrected chi connectivity index (χ1v) is 7.88. The van der Waals surface area contributed by atoms with Gasteiger partial charge in [-0.1, -0.05) is 48.0 Å². The molecule has 0 spiro atoms. The van der Waals surface area contributed by atoms with Crippen LogP contribution in [0.25, 0.3) is 0 Å². The summed E-state index contributed by atoms with van der Waals surface area (Å²) in [5.74, 6) is 0.514. The van der Waals surface area contributed by atoms with Crippen molar-refractivity contribution in [3.8, 4) is 0 Å². The molecule has 1 N–H and O–H groups in total. The normalized spacial score (nSPS) is 12.4. The second kappa shape index (κ2) is 6.67. The van der Waals surface area contributed by atoms with E-state index in [2.05, 4.69) is 46.9 Å². The second-order valence-corrected chi connectivity index (χ2v) is 7.35. The highest BCUT2D eigenvalue weighted by atomic mass is 32.1. The molecule has 1 aromatic heterocycles. The third-order valence-electron chi connectivity index (χ3n) is 2.91. The van der Waals surface area contributed by atoms with E-state index in [1.54, 1.807) is 0 Å². The number of rotatable bonds is 6. The zero-order valence-electron chi connectivity index (χ0n) is 12.8. The fourth-order valence-electron chi connectivity index (χ4n) is 1.77. The molecule has 18 heavy (non-hydrogen) atoms. The molecule has 1 rings (SSSR count). The Morgan fingerprint density at radius 1 is 1.28 bits per heavy atom. The summed E-state index contributed by atoms with van der Waals surface area (Å²) >= 11 is 1.88. The molecule has 0 fully saturated rings.